The summed E-state index contributed by atoms with van der Waals surface area (Å²) in [5.41, 5.74) is 0. The topological polar surface area (TPSA) is 29.9 Å². The first-order valence-electron chi connectivity index (χ1n) is 5.08. The van der Waals surface area contributed by atoms with Crippen LogP contribution in [0.5, 0.6) is 0 Å². The Bertz CT molecular complexity index is 463. The number of hydrogen-bond acceptors (Lipinski definition) is 3. The van der Waals surface area contributed by atoms with Crippen LogP contribution in [-0.4, -0.2) is 16.6 Å². The molecule has 16 heavy (non-hydrogen) atoms. The van der Waals surface area contributed by atoms with Crippen molar-refractivity contribution in [2.24, 2.45) is 7.05 Å². The van der Waals surface area contributed by atoms with Crippen LogP contribution < -0.4 is 5.32 Å². The highest BCUT2D eigenvalue weighted by Gasteiger charge is 2.16. The van der Waals surface area contributed by atoms with Crippen LogP contribution in [0.3, 0.4) is 0 Å². The fourth-order valence-corrected chi connectivity index (χ4v) is 3.25. The van der Waals surface area contributed by atoms with E-state index in [0.717, 1.165) is 12.2 Å². The van der Waals surface area contributed by atoms with E-state index < -0.39 is 0 Å². The molecule has 0 spiro atoms. The Morgan fingerprint density at radius 2 is 2.44 bits per heavy atom. The largest absolute Gasteiger partial charge is 0.337 e. The van der Waals surface area contributed by atoms with Gasteiger partial charge in [0.1, 0.15) is 5.82 Å². The van der Waals surface area contributed by atoms with Crippen molar-refractivity contribution in [2.45, 2.75) is 12.5 Å². The van der Waals surface area contributed by atoms with E-state index in [1.807, 2.05) is 26.5 Å². The summed E-state index contributed by atoms with van der Waals surface area (Å²) in [7, 11) is 4.00. The van der Waals surface area contributed by atoms with Gasteiger partial charge >= 0.3 is 0 Å². The third-order valence-corrected chi connectivity index (χ3v) is 4.55. The quantitative estimate of drug-likeness (QED) is 0.941. The van der Waals surface area contributed by atoms with Crippen LogP contribution in [0.4, 0.5) is 0 Å². The minimum Gasteiger partial charge on any atom is -0.337 e. The van der Waals surface area contributed by atoms with E-state index in [0.29, 0.717) is 0 Å². The molecule has 0 aliphatic heterocycles. The van der Waals surface area contributed by atoms with Gasteiger partial charge in [-0.3, -0.25) is 0 Å². The fourth-order valence-electron chi connectivity index (χ4n) is 1.69. The number of likely N-dealkylation sites (N-methyl/N-ethyl adjacent to an activating group) is 1. The second kappa shape index (κ2) is 5.12. The molecular formula is C11H14BrN3S. The maximum atomic E-state index is 4.39. The van der Waals surface area contributed by atoms with Crippen LogP contribution >= 0.6 is 27.3 Å². The smallest absolute Gasteiger partial charge is 0.125 e. The number of thiophene rings is 1. The van der Waals surface area contributed by atoms with Crippen LogP contribution in [0.15, 0.2) is 28.3 Å². The lowest BCUT2D eigenvalue weighted by Crippen LogP contribution is -2.22. The van der Waals surface area contributed by atoms with Gasteiger partial charge in [-0.2, -0.15) is 0 Å². The number of nitrogens with zero attached hydrogens (tertiary/aromatic N) is 2. The van der Waals surface area contributed by atoms with Gasteiger partial charge in [-0.25, -0.2) is 4.98 Å². The lowest BCUT2D eigenvalue weighted by Gasteiger charge is -2.15. The highest BCUT2D eigenvalue weighted by atomic mass is 79.9. The first-order chi connectivity index (χ1) is 7.72. The van der Waals surface area contributed by atoms with Gasteiger partial charge in [-0.1, -0.05) is 0 Å². The van der Waals surface area contributed by atoms with Gasteiger partial charge in [0.15, 0.2) is 0 Å². The van der Waals surface area contributed by atoms with Crippen LogP contribution in [0.1, 0.15) is 16.7 Å². The van der Waals surface area contributed by atoms with Crippen molar-refractivity contribution in [3.8, 4) is 0 Å². The normalized spacial score (nSPS) is 12.9. The summed E-state index contributed by atoms with van der Waals surface area (Å²) in [6, 6.07) is 2.35. The van der Waals surface area contributed by atoms with E-state index in [2.05, 4.69) is 42.2 Å². The average Bonchev–Trinajstić information content (AvgIpc) is 2.85. The van der Waals surface area contributed by atoms with E-state index in [9.17, 15) is 0 Å². The molecular weight excluding hydrogens is 286 g/mol. The van der Waals surface area contributed by atoms with Gasteiger partial charge in [0, 0.05) is 35.2 Å². The molecule has 0 aromatic carbocycles. The first-order valence-corrected chi connectivity index (χ1v) is 6.76. The number of nitrogens with one attached hydrogen (secondary N) is 1. The molecule has 0 radical (unpaired) electrons. The van der Waals surface area contributed by atoms with Crippen molar-refractivity contribution < 1.29 is 0 Å². The molecule has 86 valence electrons. The zero-order valence-corrected chi connectivity index (χ0v) is 11.7. The lowest BCUT2D eigenvalue weighted by molar-refractivity contribution is 0.541. The summed E-state index contributed by atoms with van der Waals surface area (Å²) in [6.45, 7) is 0. The molecule has 0 aliphatic rings. The Kier molecular flexibility index (Phi) is 3.78. The van der Waals surface area contributed by atoms with Crippen LogP contribution in [0.2, 0.25) is 0 Å². The van der Waals surface area contributed by atoms with Crippen molar-refractivity contribution in [1.29, 1.82) is 0 Å². The second-order valence-electron chi connectivity index (χ2n) is 3.63. The SMILES string of the molecule is CNC(Cc1sccc1Br)c1nccn1C. The standard InChI is InChI=1S/C11H14BrN3S/c1-13-9(11-14-4-5-15(11)2)7-10-8(12)3-6-16-10/h3-6,9,13H,7H2,1-2H3. The molecule has 2 heterocycles. The van der Waals surface area contributed by atoms with Crippen LogP contribution in [0.25, 0.3) is 0 Å². The maximum Gasteiger partial charge on any atom is 0.125 e. The summed E-state index contributed by atoms with van der Waals surface area (Å²) >= 11 is 5.33. The third-order valence-electron chi connectivity index (χ3n) is 2.60. The third kappa shape index (κ3) is 2.36. The first kappa shape index (κ1) is 11.8. The van der Waals surface area contributed by atoms with Gasteiger partial charge in [-0.15, -0.1) is 11.3 Å². The number of aromatic nitrogens is 2. The molecule has 2 aromatic rings. The summed E-state index contributed by atoms with van der Waals surface area (Å²) in [5.74, 6) is 1.07. The molecule has 1 N–H and O–H groups in total. The molecule has 2 aromatic heterocycles. The Morgan fingerprint density at radius 3 is 2.94 bits per heavy atom. The van der Waals surface area contributed by atoms with Crippen molar-refractivity contribution in [1.82, 2.24) is 14.9 Å². The monoisotopic (exact) mass is 299 g/mol. The van der Waals surface area contributed by atoms with Gasteiger partial charge in [0.05, 0.1) is 6.04 Å². The van der Waals surface area contributed by atoms with Crippen molar-refractivity contribution >= 4 is 27.3 Å². The highest BCUT2D eigenvalue weighted by molar-refractivity contribution is 9.10. The zero-order valence-electron chi connectivity index (χ0n) is 9.27. The van der Waals surface area contributed by atoms with Crippen molar-refractivity contribution in [2.75, 3.05) is 7.05 Å². The molecule has 1 atom stereocenters. The maximum absolute atomic E-state index is 4.39. The molecule has 5 heteroatoms. The fraction of sp³-hybridized carbons (Fsp3) is 0.364. The summed E-state index contributed by atoms with van der Waals surface area (Å²) in [5, 5.41) is 5.42. The predicted molar refractivity (Wildman–Crippen MR) is 70.7 cm³/mol. The molecule has 0 amide bonds. The number of rotatable bonds is 4. The van der Waals surface area contributed by atoms with Gasteiger partial charge < -0.3 is 9.88 Å². The van der Waals surface area contributed by atoms with Gasteiger partial charge in [0.25, 0.3) is 0 Å². The number of halogens is 1. The minimum absolute atomic E-state index is 0.259. The number of hydrogen-bond donors (Lipinski definition) is 1. The minimum atomic E-state index is 0.259. The van der Waals surface area contributed by atoms with E-state index in [1.54, 1.807) is 11.3 Å². The molecule has 0 bridgehead atoms. The molecule has 0 saturated carbocycles. The highest BCUT2D eigenvalue weighted by Crippen LogP contribution is 2.27. The Morgan fingerprint density at radius 1 is 1.62 bits per heavy atom. The summed E-state index contributed by atoms with van der Waals surface area (Å²) in [4.78, 5) is 5.74. The Labute approximate surface area is 108 Å². The lowest BCUT2D eigenvalue weighted by atomic mass is 10.1. The number of aryl methyl sites for hydroxylation is 1. The Balaban J connectivity index is 2.19. The van der Waals surface area contributed by atoms with E-state index in [-0.39, 0.29) is 6.04 Å². The van der Waals surface area contributed by atoms with Crippen molar-refractivity contribution in [3.63, 3.8) is 0 Å². The molecule has 3 nitrogen and oxygen atoms in total. The molecule has 0 fully saturated rings. The van der Waals surface area contributed by atoms with Gasteiger partial charge in [0.2, 0.25) is 0 Å². The van der Waals surface area contributed by atoms with E-state index >= 15 is 0 Å². The molecule has 1 unspecified atom stereocenters. The Hall–Kier alpha value is -0.650. The molecule has 0 saturated heterocycles. The summed E-state index contributed by atoms with van der Waals surface area (Å²) < 4.78 is 3.25. The zero-order chi connectivity index (χ0) is 11.5. The van der Waals surface area contributed by atoms with Crippen molar-refractivity contribution in [3.05, 3.63) is 39.0 Å². The molecule has 0 aliphatic carbocycles. The second-order valence-corrected chi connectivity index (χ2v) is 5.49. The van der Waals surface area contributed by atoms with E-state index in [4.69, 9.17) is 0 Å². The van der Waals surface area contributed by atoms with E-state index in [1.165, 1.54) is 9.35 Å². The van der Waals surface area contributed by atoms with Crippen LogP contribution in [-0.2, 0) is 13.5 Å². The molecule has 2 rings (SSSR count). The number of imidazole rings is 1. The average molecular weight is 300 g/mol. The summed E-state index contributed by atoms with van der Waals surface area (Å²) in [6.07, 6.45) is 4.77. The van der Waals surface area contributed by atoms with Gasteiger partial charge in [-0.05, 0) is 34.4 Å². The predicted octanol–water partition coefficient (Wildman–Crippen LogP) is 2.75. The van der Waals surface area contributed by atoms with Crippen LogP contribution in [0, 0.1) is 0 Å².